The van der Waals surface area contributed by atoms with Crippen LogP contribution in [-0.2, 0) is 4.79 Å². The predicted octanol–water partition coefficient (Wildman–Crippen LogP) is 3.14. The van der Waals surface area contributed by atoms with Crippen molar-refractivity contribution in [2.45, 2.75) is 31.7 Å². The molecule has 0 aromatic heterocycles. The topological polar surface area (TPSA) is 58.6 Å². The molecule has 4 rings (SSSR count). The van der Waals surface area contributed by atoms with Crippen LogP contribution in [0.1, 0.15) is 40.2 Å². The summed E-state index contributed by atoms with van der Waals surface area (Å²) in [5.41, 5.74) is 2.94. The fourth-order valence-corrected chi connectivity index (χ4v) is 4.01. The summed E-state index contributed by atoms with van der Waals surface area (Å²) in [6.45, 7) is 3.07. The van der Waals surface area contributed by atoms with Gasteiger partial charge < -0.3 is 15.0 Å². The highest BCUT2D eigenvalue weighted by Gasteiger charge is 2.42. The van der Waals surface area contributed by atoms with Crippen LogP contribution in [0.15, 0.2) is 48.5 Å². The van der Waals surface area contributed by atoms with E-state index in [4.69, 9.17) is 4.74 Å². The lowest BCUT2D eigenvalue weighted by Gasteiger charge is -2.19. The molecule has 1 saturated carbocycles. The van der Waals surface area contributed by atoms with Crippen LogP contribution in [0.3, 0.4) is 0 Å². The minimum atomic E-state index is -0.219. The first-order chi connectivity index (χ1) is 13.6. The van der Waals surface area contributed by atoms with Crippen LogP contribution in [0.25, 0.3) is 0 Å². The van der Waals surface area contributed by atoms with Crippen LogP contribution >= 0.6 is 0 Å². The van der Waals surface area contributed by atoms with Gasteiger partial charge in [0.25, 0.3) is 5.91 Å². The Balaban J connectivity index is 1.58. The maximum Gasteiger partial charge on any atom is 0.253 e. The Morgan fingerprint density at radius 2 is 1.75 bits per heavy atom. The van der Waals surface area contributed by atoms with Crippen LogP contribution < -0.4 is 10.1 Å². The molecule has 1 saturated heterocycles. The van der Waals surface area contributed by atoms with Crippen molar-refractivity contribution in [3.8, 4) is 5.75 Å². The Kier molecular flexibility index (Phi) is 5.07. The smallest absolute Gasteiger partial charge is 0.253 e. The van der Waals surface area contributed by atoms with E-state index in [1.807, 2.05) is 17.0 Å². The molecule has 1 heterocycles. The van der Waals surface area contributed by atoms with E-state index in [-0.39, 0.29) is 23.7 Å². The second kappa shape index (κ2) is 7.66. The molecule has 2 atom stereocenters. The molecule has 2 aromatic carbocycles. The van der Waals surface area contributed by atoms with E-state index in [9.17, 15) is 9.59 Å². The van der Waals surface area contributed by atoms with Gasteiger partial charge in [-0.25, -0.2) is 0 Å². The van der Waals surface area contributed by atoms with Gasteiger partial charge in [-0.1, -0.05) is 24.3 Å². The molecule has 1 N–H and O–H groups in total. The Labute approximate surface area is 165 Å². The molecular weight excluding hydrogens is 352 g/mol. The van der Waals surface area contributed by atoms with E-state index in [1.54, 1.807) is 31.4 Å². The lowest BCUT2D eigenvalue weighted by molar-refractivity contribution is -0.125. The van der Waals surface area contributed by atoms with Crippen molar-refractivity contribution in [2.75, 3.05) is 20.2 Å². The van der Waals surface area contributed by atoms with Crippen molar-refractivity contribution in [2.24, 2.45) is 5.92 Å². The Morgan fingerprint density at radius 1 is 1.04 bits per heavy atom. The molecule has 2 fully saturated rings. The monoisotopic (exact) mass is 378 g/mol. The average Bonchev–Trinajstić information content (AvgIpc) is 3.42. The van der Waals surface area contributed by atoms with Crippen LogP contribution in [0, 0.1) is 12.8 Å². The van der Waals surface area contributed by atoms with E-state index in [1.165, 1.54) is 0 Å². The SMILES string of the molecule is COc1ccc(C(=O)N2CC(C(=O)NC3CC3)C(c3ccccc3C)C2)cc1. The van der Waals surface area contributed by atoms with Gasteiger partial charge in [0.2, 0.25) is 5.91 Å². The van der Waals surface area contributed by atoms with Gasteiger partial charge in [-0.3, -0.25) is 9.59 Å². The number of aryl methyl sites for hydroxylation is 1. The third-order valence-electron chi connectivity index (χ3n) is 5.79. The second-order valence-corrected chi connectivity index (χ2v) is 7.79. The number of nitrogens with one attached hydrogen (secondary N) is 1. The zero-order valence-electron chi connectivity index (χ0n) is 16.4. The van der Waals surface area contributed by atoms with E-state index < -0.39 is 0 Å². The van der Waals surface area contributed by atoms with Gasteiger partial charge in [0.15, 0.2) is 0 Å². The number of ether oxygens (including phenoxy) is 1. The normalized spacial score (nSPS) is 21.4. The van der Waals surface area contributed by atoms with Gasteiger partial charge in [0.1, 0.15) is 5.75 Å². The minimum Gasteiger partial charge on any atom is -0.497 e. The number of likely N-dealkylation sites (tertiary alicyclic amines) is 1. The standard InChI is InChI=1S/C23H26N2O3/c1-15-5-3-4-6-19(15)20-13-25(14-21(20)22(26)24-17-9-10-17)23(27)16-7-11-18(28-2)12-8-16/h3-8,11-12,17,20-21H,9-10,13-14H2,1-2H3,(H,24,26). The largest absolute Gasteiger partial charge is 0.497 e. The number of methoxy groups -OCH3 is 1. The number of hydrogen-bond acceptors (Lipinski definition) is 3. The molecule has 146 valence electrons. The quantitative estimate of drug-likeness (QED) is 0.870. The summed E-state index contributed by atoms with van der Waals surface area (Å²) in [5.74, 6) is 0.548. The summed E-state index contributed by atoms with van der Waals surface area (Å²) in [4.78, 5) is 27.8. The fraction of sp³-hybridized carbons (Fsp3) is 0.391. The number of benzene rings is 2. The van der Waals surface area contributed by atoms with Crippen LogP contribution in [0.5, 0.6) is 5.75 Å². The van der Waals surface area contributed by atoms with E-state index in [0.717, 1.165) is 29.7 Å². The van der Waals surface area contributed by atoms with Crippen LogP contribution in [0.4, 0.5) is 0 Å². The molecule has 0 radical (unpaired) electrons. The molecule has 1 aliphatic heterocycles. The van der Waals surface area contributed by atoms with Crippen molar-refractivity contribution in [3.63, 3.8) is 0 Å². The highest BCUT2D eigenvalue weighted by molar-refractivity contribution is 5.95. The highest BCUT2D eigenvalue weighted by Crippen LogP contribution is 2.36. The summed E-state index contributed by atoms with van der Waals surface area (Å²) in [7, 11) is 1.60. The maximum atomic E-state index is 13.1. The minimum absolute atomic E-state index is 0.0159. The molecule has 2 amide bonds. The number of carbonyl (C=O) groups is 2. The van der Waals surface area contributed by atoms with Crippen LogP contribution in [-0.4, -0.2) is 43.0 Å². The Bertz CT molecular complexity index is 874. The Hall–Kier alpha value is -2.82. The molecule has 2 aliphatic rings. The van der Waals surface area contributed by atoms with Crippen molar-refractivity contribution >= 4 is 11.8 Å². The summed E-state index contributed by atoms with van der Waals surface area (Å²) in [5, 5.41) is 3.14. The number of nitrogens with zero attached hydrogens (tertiary/aromatic N) is 1. The fourth-order valence-electron chi connectivity index (χ4n) is 4.01. The maximum absolute atomic E-state index is 13.1. The summed E-state index contributed by atoms with van der Waals surface area (Å²) in [6, 6.07) is 15.6. The summed E-state index contributed by atoms with van der Waals surface area (Å²) < 4.78 is 5.18. The highest BCUT2D eigenvalue weighted by atomic mass is 16.5. The molecule has 5 heteroatoms. The average molecular weight is 378 g/mol. The Morgan fingerprint density at radius 3 is 2.39 bits per heavy atom. The lowest BCUT2D eigenvalue weighted by Crippen LogP contribution is -2.36. The first-order valence-electron chi connectivity index (χ1n) is 9.86. The molecular formula is C23H26N2O3. The summed E-state index contributed by atoms with van der Waals surface area (Å²) in [6.07, 6.45) is 2.12. The van der Waals surface area contributed by atoms with Crippen LogP contribution in [0.2, 0.25) is 0 Å². The molecule has 0 bridgehead atoms. The van der Waals surface area contributed by atoms with Gasteiger partial charge >= 0.3 is 0 Å². The first kappa shape index (κ1) is 18.5. The molecule has 2 aromatic rings. The zero-order chi connectivity index (χ0) is 19.7. The third-order valence-corrected chi connectivity index (χ3v) is 5.79. The molecule has 2 unspecified atom stereocenters. The number of hydrogen-bond donors (Lipinski definition) is 1. The molecule has 28 heavy (non-hydrogen) atoms. The van der Waals surface area contributed by atoms with Crippen molar-refractivity contribution in [1.82, 2.24) is 10.2 Å². The van der Waals surface area contributed by atoms with E-state index in [2.05, 4.69) is 24.4 Å². The number of amides is 2. The number of carbonyl (C=O) groups excluding carboxylic acids is 2. The number of rotatable bonds is 5. The first-order valence-corrected chi connectivity index (χ1v) is 9.86. The van der Waals surface area contributed by atoms with Crippen molar-refractivity contribution in [3.05, 3.63) is 65.2 Å². The lowest BCUT2D eigenvalue weighted by atomic mass is 9.86. The summed E-state index contributed by atoms with van der Waals surface area (Å²) >= 11 is 0. The van der Waals surface area contributed by atoms with Crippen molar-refractivity contribution in [1.29, 1.82) is 0 Å². The predicted molar refractivity (Wildman–Crippen MR) is 107 cm³/mol. The van der Waals surface area contributed by atoms with Gasteiger partial charge in [-0.05, 0) is 55.2 Å². The zero-order valence-corrected chi connectivity index (χ0v) is 16.4. The van der Waals surface area contributed by atoms with E-state index in [0.29, 0.717) is 24.7 Å². The molecule has 1 aliphatic carbocycles. The van der Waals surface area contributed by atoms with Gasteiger partial charge in [0.05, 0.1) is 13.0 Å². The van der Waals surface area contributed by atoms with Crippen molar-refractivity contribution < 1.29 is 14.3 Å². The van der Waals surface area contributed by atoms with E-state index >= 15 is 0 Å². The molecule has 5 nitrogen and oxygen atoms in total. The van der Waals surface area contributed by atoms with Gasteiger partial charge in [-0.15, -0.1) is 0 Å². The third kappa shape index (κ3) is 3.75. The van der Waals surface area contributed by atoms with Gasteiger partial charge in [-0.2, -0.15) is 0 Å². The second-order valence-electron chi connectivity index (χ2n) is 7.79. The van der Waals surface area contributed by atoms with Gasteiger partial charge in [0, 0.05) is 30.6 Å². The molecule has 0 spiro atoms.